The summed E-state index contributed by atoms with van der Waals surface area (Å²) in [6.07, 6.45) is -8.94. The maximum atomic E-state index is 14.7. The number of piperazine rings is 1. The van der Waals surface area contributed by atoms with E-state index in [-0.39, 0.29) is 18.1 Å². The number of rotatable bonds is 5. The third kappa shape index (κ3) is 5.13. The average Bonchev–Trinajstić information content (AvgIpc) is 2.55. The van der Waals surface area contributed by atoms with Gasteiger partial charge in [-0.3, -0.25) is 4.90 Å². The molecular formula is C18H23F7N2. The minimum absolute atomic E-state index is 0.0340. The molecule has 1 unspecified atom stereocenters. The predicted octanol–water partition coefficient (Wildman–Crippen LogP) is 5.25. The normalized spacial score (nSPS) is 19.1. The van der Waals surface area contributed by atoms with Crippen molar-refractivity contribution in [3.63, 3.8) is 0 Å². The van der Waals surface area contributed by atoms with Gasteiger partial charge in [0.25, 0.3) is 0 Å². The molecule has 1 fully saturated rings. The fourth-order valence-electron chi connectivity index (χ4n) is 3.72. The summed E-state index contributed by atoms with van der Waals surface area (Å²) in [6.45, 7) is 5.43. The van der Waals surface area contributed by atoms with Gasteiger partial charge < -0.3 is 5.32 Å². The molecule has 1 aromatic carbocycles. The zero-order chi connectivity index (χ0) is 20.4. The van der Waals surface area contributed by atoms with Crippen LogP contribution in [0.5, 0.6) is 0 Å². The van der Waals surface area contributed by atoms with E-state index in [1.807, 2.05) is 6.92 Å². The molecule has 2 nitrogen and oxygen atoms in total. The summed E-state index contributed by atoms with van der Waals surface area (Å²) in [5.41, 5.74) is -3.85. The van der Waals surface area contributed by atoms with Gasteiger partial charge in [-0.25, -0.2) is 4.39 Å². The fraction of sp³-hybridized carbons (Fsp3) is 0.667. The van der Waals surface area contributed by atoms with Crippen LogP contribution >= 0.6 is 0 Å². The van der Waals surface area contributed by atoms with Crippen molar-refractivity contribution in [3.05, 3.63) is 34.6 Å². The lowest BCUT2D eigenvalue weighted by Crippen LogP contribution is -2.47. The van der Waals surface area contributed by atoms with Crippen molar-refractivity contribution in [2.45, 2.75) is 45.1 Å². The number of alkyl halides is 6. The first-order valence-corrected chi connectivity index (χ1v) is 8.89. The quantitative estimate of drug-likeness (QED) is 0.680. The maximum Gasteiger partial charge on any atom is 0.416 e. The van der Waals surface area contributed by atoms with E-state index in [0.29, 0.717) is 39.0 Å². The molecule has 0 aliphatic carbocycles. The van der Waals surface area contributed by atoms with Gasteiger partial charge in [-0.2, -0.15) is 26.3 Å². The van der Waals surface area contributed by atoms with Gasteiger partial charge in [0.05, 0.1) is 11.1 Å². The molecule has 0 amide bonds. The molecule has 0 bridgehead atoms. The largest absolute Gasteiger partial charge is 0.416 e. The van der Waals surface area contributed by atoms with Gasteiger partial charge in [0.2, 0.25) is 0 Å². The Labute approximate surface area is 153 Å². The number of halogens is 7. The molecule has 0 radical (unpaired) electrons. The summed E-state index contributed by atoms with van der Waals surface area (Å²) >= 11 is 0. The van der Waals surface area contributed by atoms with Crippen LogP contribution in [0.1, 0.15) is 49.4 Å². The van der Waals surface area contributed by atoms with Crippen LogP contribution in [0, 0.1) is 11.7 Å². The number of hydrogen-bond donors (Lipinski definition) is 1. The van der Waals surface area contributed by atoms with E-state index < -0.39 is 40.9 Å². The van der Waals surface area contributed by atoms with E-state index >= 15 is 0 Å². The molecule has 1 aliphatic rings. The third-order valence-electron chi connectivity index (χ3n) is 4.89. The molecule has 27 heavy (non-hydrogen) atoms. The Kier molecular flexibility index (Phi) is 6.78. The molecule has 1 aliphatic heterocycles. The highest BCUT2D eigenvalue weighted by Crippen LogP contribution is 2.44. The Balaban J connectivity index is 2.65. The van der Waals surface area contributed by atoms with E-state index in [0.717, 1.165) is 0 Å². The Morgan fingerprint density at radius 3 is 2.11 bits per heavy atom. The van der Waals surface area contributed by atoms with E-state index in [1.165, 1.54) is 0 Å². The van der Waals surface area contributed by atoms with Crippen molar-refractivity contribution in [1.82, 2.24) is 10.2 Å². The Morgan fingerprint density at radius 2 is 1.63 bits per heavy atom. The minimum atomic E-state index is -5.09. The zero-order valence-corrected chi connectivity index (χ0v) is 15.1. The summed E-state index contributed by atoms with van der Waals surface area (Å²) in [7, 11) is 0. The van der Waals surface area contributed by atoms with Gasteiger partial charge in [0, 0.05) is 37.8 Å². The smallest absolute Gasteiger partial charge is 0.314 e. The van der Waals surface area contributed by atoms with Crippen molar-refractivity contribution in [2.24, 2.45) is 5.92 Å². The molecule has 0 spiro atoms. The van der Waals surface area contributed by atoms with E-state index in [2.05, 4.69) is 5.32 Å². The minimum Gasteiger partial charge on any atom is -0.314 e. The lowest BCUT2D eigenvalue weighted by atomic mass is 9.85. The van der Waals surface area contributed by atoms with Crippen LogP contribution in [-0.2, 0) is 12.4 Å². The monoisotopic (exact) mass is 400 g/mol. The number of benzene rings is 1. The number of nitrogens with zero attached hydrogens (tertiary/aromatic N) is 1. The summed E-state index contributed by atoms with van der Waals surface area (Å²) in [5.74, 6) is -1.80. The van der Waals surface area contributed by atoms with Gasteiger partial charge in [-0.15, -0.1) is 0 Å². The highest BCUT2D eigenvalue weighted by atomic mass is 19.4. The molecule has 154 valence electrons. The fourth-order valence-corrected chi connectivity index (χ4v) is 3.72. The predicted molar refractivity (Wildman–Crippen MR) is 87.7 cm³/mol. The second-order valence-corrected chi connectivity index (χ2v) is 6.91. The van der Waals surface area contributed by atoms with Crippen LogP contribution in [0.4, 0.5) is 30.7 Å². The van der Waals surface area contributed by atoms with Crippen molar-refractivity contribution in [2.75, 3.05) is 26.2 Å². The Hall–Kier alpha value is -1.35. The van der Waals surface area contributed by atoms with Gasteiger partial charge >= 0.3 is 12.4 Å². The second kappa shape index (κ2) is 8.34. The molecule has 0 aromatic heterocycles. The Morgan fingerprint density at radius 1 is 1.04 bits per heavy atom. The van der Waals surface area contributed by atoms with Gasteiger partial charge in [0.1, 0.15) is 5.82 Å². The van der Waals surface area contributed by atoms with Crippen LogP contribution in [0.3, 0.4) is 0 Å². The summed E-state index contributed by atoms with van der Waals surface area (Å²) in [5, 5.41) is 3.07. The molecule has 1 aromatic rings. The van der Waals surface area contributed by atoms with Crippen LogP contribution < -0.4 is 5.32 Å². The molecule has 0 saturated carbocycles. The van der Waals surface area contributed by atoms with Crippen LogP contribution in [0.25, 0.3) is 0 Å². The van der Waals surface area contributed by atoms with Crippen molar-refractivity contribution >= 4 is 0 Å². The molecule has 2 atom stereocenters. The summed E-state index contributed by atoms with van der Waals surface area (Å²) in [4.78, 5) is 1.73. The zero-order valence-electron chi connectivity index (χ0n) is 15.1. The van der Waals surface area contributed by atoms with Gasteiger partial charge in [-0.1, -0.05) is 20.3 Å². The van der Waals surface area contributed by atoms with E-state index in [4.69, 9.17) is 0 Å². The van der Waals surface area contributed by atoms with E-state index in [1.54, 1.807) is 11.8 Å². The highest BCUT2D eigenvalue weighted by Gasteiger charge is 2.43. The third-order valence-corrected chi connectivity index (χ3v) is 4.89. The van der Waals surface area contributed by atoms with Crippen molar-refractivity contribution in [3.8, 4) is 0 Å². The highest BCUT2D eigenvalue weighted by molar-refractivity contribution is 5.39. The van der Waals surface area contributed by atoms with Crippen LogP contribution in [-0.4, -0.2) is 31.1 Å². The molecule has 1 N–H and O–H groups in total. The van der Waals surface area contributed by atoms with Crippen LogP contribution in [0.2, 0.25) is 0 Å². The number of nitrogens with one attached hydrogen (secondary N) is 1. The van der Waals surface area contributed by atoms with Crippen molar-refractivity contribution < 1.29 is 30.7 Å². The average molecular weight is 400 g/mol. The topological polar surface area (TPSA) is 15.3 Å². The molecule has 2 rings (SSSR count). The SMILES string of the molecule is CCCC(C)[C@H](c1c(F)cc(C(F)(F)F)cc1C(F)(F)F)N1CCNCC1. The van der Waals surface area contributed by atoms with Gasteiger partial charge in [-0.05, 0) is 24.5 Å². The number of hydrogen-bond acceptors (Lipinski definition) is 2. The lowest BCUT2D eigenvalue weighted by Gasteiger charge is -2.40. The maximum absolute atomic E-state index is 14.7. The lowest BCUT2D eigenvalue weighted by molar-refractivity contribution is -0.144. The molecule has 1 saturated heterocycles. The van der Waals surface area contributed by atoms with Gasteiger partial charge in [0.15, 0.2) is 0 Å². The molecular weight excluding hydrogens is 377 g/mol. The van der Waals surface area contributed by atoms with Crippen LogP contribution in [0.15, 0.2) is 12.1 Å². The summed E-state index contributed by atoms with van der Waals surface area (Å²) < 4.78 is 94.4. The second-order valence-electron chi connectivity index (χ2n) is 6.91. The molecule has 9 heteroatoms. The van der Waals surface area contributed by atoms with E-state index in [9.17, 15) is 30.7 Å². The summed E-state index contributed by atoms with van der Waals surface area (Å²) in [6, 6.07) is -0.726. The standard InChI is InChI=1S/C18H23F7N2/c1-3-4-11(2)16(27-7-5-26-6-8-27)15-13(18(23,24)25)9-12(10-14(15)19)17(20,21)22/h9-11,16,26H,3-8H2,1-2H3/t11?,16-/m1/s1. The first kappa shape index (κ1) is 21.9. The Bertz CT molecular complexity index is 634. The first-order valence-electron chi connectivity index (χ1n) is 8.89. The first-order chi connectivity index (χ1) is 12.5. The molecule has 1 heterocycles. The van der Waals surface area contributed by atoms with Crippen molar-refractivity contribution in [1.29, 1.82) is 0 Å².